The second kappa shape index (κ2) is 12.7. The number of carbonyl (C=O) groups is 2. The van der Waals surface area contributed by atoms with Crippen molar-refractivity contribution in [2.45, 2.75) is 20.0 Å². The molecule has 0 spiro atoms. The summed E-state index contributed by atoms with van der Waals surface area (Å²) in [5.41, 5.74) is 1.05. The van der Waals surface area contributed by atoms with E-state index in [2.05, 4.69) is 0 Å². The number of benzene rings is 2. The smallest absolute Gasteiger partial charge is 0.258 e. The van der Waals surface area contributed by atoms with E-state index in [9.17, 15) is 14.0 Å². The molecule has 0 aliphatic rings. The zero-order valence-corrected chi connectivity index (χ0v) is 21.0. The molecule has 36 heavy (non-hydrogen) atoms. The first-order valence-electron chi connectivity index (χ1n) is 11.4. The maximum absolute atomic E-state index is 13.5. The van der Waals surface area contributed by atoms with E-state index in [0.717, 1.165) is 11.3 Å². The molecule has 192 valence electrons. The summed E-state index contributed by atoms with van der Waals surface area (Å²) in [6, 6.07) is 14.4. The van der Waals surface area contributed by atoms with Crippen LogP contribution in [0.25, 0.3) is 0 Å². The highest BCUT2D eigenvalue weighted by Crippen LogP contribution is 2.26. The number of methoxy groups -OCH3 is 3. The summed E-state index contributed by atoms with van der Waals surface area (Å²) in [6.07, 6.45) is 0. The van der Waals surface area contributed by atoms with E-state index in [1.165, 1.54) is 38.4 Å². The molecule has 3 aromatic rings. The van der Waals surface area contributed by atoms with Crippen molar-refractivity contribution in [2.24, 2.45) is 0 Å². The lowest BCUT2D eigenvalue weighted by atomic mass is 10.1. The van der Waals surface area contributed by atoms with Crippen molar-refractivity contribution >= 4 is 11.8 Å². The van der Waals surface area contributed by atoms with Crippen molar-refractivity contribution in [3.05, 3.63) is 83.1 Å². The van der Waals surface area contributed by atoms with E-state index < -0.39 is 0 Å². The third-order valence-electron chi connectivity index (χ3n) is 5.60. The van der Waals surface area contributed by atoms with Crippen molar-refractivity contribution in [1.29, 1.82) is 0 Å². The molecule has 0 aliphatic heterocycles. The number of furan rings is 1. The van der Waals surface area contributed by atoms with Gasteiger partial charge in [-0.3, -0.25) is 9.59 Å². The fraction of sp³-hybridized carbons (Fsp3) is 0.333. The number of aryl methyl sites for hydroxylation is 1. The highest BCUT2D eigenvalue weighted by molar-refractivity contribution is 5.99. The van der Waals surface area contributed by atoms with Gasteiger partial charge in [-0.2, -0.15) is 0 Å². The Morgan fingerprint density at radius 1 is 0.917 bits per heavy atom. The Balaban J connectivity index is 1.85. The lowest BCUT2D eigenvalue weighted by Crippen LogP contribution is -2.43. The molecule has 1 heterocycles. The zero-order valence-electron chi connectivity index (χ0n) is 21.0. The molecular formula is C27H31FN2O6. The first kappa shape index (κ1) is 26.7. The van der Waals surface area contributed by atoms with Crippen LogP contribution in [0.4, 0.5) is 4.39 Å². The molecule has 0 aliphatic carbocycles. The van der Waals surface area contributed by atoms with Crippen LogP contribution in [-0.2, 0) is 22.6 Å². The SMILES string of the molecule is COCCN(CC(=O)N(Cc1ccc(F)cc1)Cc1ccc(C)o1)C(=O)c1ccc(OC)cc1OC. The highest BCUT2D eigenvalue weighted by Gasteiger charge is 2.25. The first-order valence-corrected chi connectivity index (χ1v) is 11.4. The van der Waals surface area contributed by atoms with Crippen LogP contribution >= 0.6 is 0 Å². The van der Waals surface area contributed by atoms with Crippen molar-refractivity contribution < 1.29 is 32.6 Å². The molecule has 0 N–H and O–H groups in total. The summed E-state index contributed by atoms with van der Waals surface area (Å²) in [6.45, 7) is 2.48. The third kappa shape index (κ3) is 7.08. The van der Waals surface area contributed by atoms with Crippen LogP contribution in [0.5, 0.6) is 11.5 Å². The predicted molar refractivity (Wildman–Crippen MR) is 131 cm³/mol. The Bertz CT molecular complexity index is 1160. The van der Waals surface area contributed by atoms with Crippen LogP contribution in [-0.4, -0.2) is 62.6 Å². The summed E-state index contributed by atoms with van der Waals surface area (Å²) in [7, 11) is 4.51. The monoisotopic (exact) mass is 498 g/mol. The molecule has 0 saturated heterocycles. The number of hydrogen-bond donors (Lipinski definition) is 0. The maximum atomic E-state index is 13.5. The Kier molecular flexibility index (Phi) is 9.46. The quantitative estimate of drug-likeness (QED) is 0.375. The van der Waals surface area contributed by atoms with Gasteiger partial charge in [0.15, 0.2) is 0 Å². The maximum Gasteiger partial charge on any atom is 0.258 e. The summed E-state index contributed by atoms with van der Waals surface area (Å²) in [4.78, 5) is 30.0. The first-order chi connectivity index (χ1) is 17.3. The Morgan fingerprint density at radius 3 is 2.28 bits per heavy atom. The van der Waals surface area contributed by atoms with Crippen LogP contribution in [0.2, 0.25) is 0 Å². The zero-order chi connectivity index (χ0) is 26.1. The van der Waals surface area contributed by atoms with Gasteiger partial charge in [0.1, 0.15) is 35.4 Å². The Morgan fingerprint density at radius 2 is 1.67 bits per heavy atom. The summed E-state index contributed by atoms with van der Waals surface area (Å²) in [5.74, 6) is 1.17. The summed E-state index contributed by atoms with van der Waals surface area (Å²) in [5, 5.41) is 0. The molecule has 0 unspecified atom stereocenters. The number of ether oxygens (including phenoxy) is 3. The van der Waals surface area contributed by atoms with Crippen LogP contribution in [0.3, 0.4) is 0 Å². The average molecular weight is 499 g/mol. The minimum Gasteiger partial charge on any atom is -0.497 e. The fourth-order valence-corrected chi connectivity index (χ4v) is 3.66. The number of halogens is 1. The molecular weight excluding hydrogens is 467 g/mol. The molecule has 2 aromatic carbocycles. The van der Waals surface area contributed by atoms with E-state index in [1.54, 1.807) is 41.3 Å². The van der Waals surface area contributed by atoms with Crippen LogP contribution in [0, 0.1) is 12.7 Å². The second-order valence-electron chi connectivity index (χ2n) is 8.17. The normalized spacial score (nSPS) is 10.7. The van der Waals surface area contributed by atoms with Gasteiger partial charge in [-0.15, -0.1) is 0 Å². The lowest BCUT2D eigenvalue weighted by molar-refractivity contribution is -0.133. The molecule has 0 bridgehead atoms. The number of nitrogens with zero attached hydrogens (tertiary/aromatic N) is 2. The molecule has 8 nitrogen and oxygen atoms in total. The van der Waals surface area contributed by atoms with Gasteiger partial charge in [-0.25, -0.2) is 4.39 Å². The molecule has 0 radical (unpaired) electrons. The van der Waals surface area contributed by atoms with Gasteiger partial charge in [-0.1, -0.05) is 12.1 Å². The number of hydrogen-bond acceptors (Lipinski definition) is 6. The third-order valence-corrected chi connectivity index (χ3v) is 5.60. The predicted octanol–water partition coefficient (Wildman–Crippen LogP) is 4.06. The minimum atomic E-state index is -0.379. The number of amides is 2. The molecule has 0 atom stereocenters. The number of rotatable bonds is 12. The van der Waals surface area contributed by atoms with Gasteiger partial charge in [0, 0.05) is 26.3 Å². The van der Waals surface area contributed by atoms with Crippen LogP contribution in [0.1, 0.15) is 27.4 Å². The van der Waals surface area contributed by atoms with E-state index >= 15 is 0 Å². The number of carbonyl (C=O) groups excluding carboxylic acids is 2. The molecule has 3 rings (SSSR count). The van der Waals surface area contributed by atoms with Gasteiger partial charge in [0.2, 0.25) is 5.91 Å². The van der Waals surface area contributed by atoms with Gasteiger partial charge in [-0.05, 0) is 48.9 Å². The van der Waals surface area contributed by atoms with Crippen molar-refractivity contribution in [3.63, 3.8) is 0 Å². The second-order valence-corrected chi connectivity index (χ2v) is 8.17. The van der Waals surface area contributed by atoms with Gasteiger partial charge in [0.25, 0.3) is 5.91 Å². The molecule has 0 saturated carbocycles. The van der Waals surface area contributed by atoms with Gasteiger partial charge >= 0.3 is 0 Å². The van der Waals surface area contributed by atoms with E-state index in [0.29, 0.717) is 22.8 Å². The summed E-state index contributed by atoms with van der Waals surface area (Å²) < 4.78 is 34.9. The highest BCUT2D eigenvalue weighted by atomic mass is 19.1. The van der Waals surface area contributed by atoms with E-state index in [4.69, 9.17) is 18.6 Å². The molecule has 9 heteroatoms. The van der Waals surface area contributed by atoms with Crippen LogP contribution in [0.15, 0.2) is 59.0 Å². The average Bonchev–Trinajstić information content (AvgIpc) is 3.30. The van der Waals surface area contributed by atoms with Crippen molar-refractivity contribution in [1.82, 2.24) is 9.80 Å². The van der Waals surface area contributed by atoms with E-state index in [-0.39, 0.29) is 50.4 Å². The Labute approximate surface area is 210 Å². The van der Waals surface area contributed by atoms with Crippen molar-refractivity contribution in [3.8, 4) is 11.5 Å². The molecule has 0 fully saturated rings. The standard InChI is InChI=1S/C27H31FN2O6/c1-19-5-10-23(36-19)17-30(16-20-6-8-21(28)9-7-20)26(31)18-29(13-14-33-2)27(32)24-12-11-22(34-3)15-25(24)35-4/h5-12,15H,13-14,16-18H2,1-4H3. The lowest BCUT2D eigenvalue weighted by Gasteiger charge is -2.28. The minimum absolute atomic E-state index is 0.195. The van der Waals surface area contributed by atoms with Gasteiger partial charge < -0.3 is 28.4 Å². The van der Waals surface area contributed by atoms with Gasteiger partial charge in [0.05, 0.1) is 32.9 Å². The molecule has 1 aromatic heterocycles. The summed E-state index contributed by atoms with van der Waals surface area (Å²) >= 11 is 0. The topological polar surface area (TPSA) is 81.5 Å². The largest absolute Gasteiger partial charge is 0.497 e. The molecule has 2 amide bonds. The Hall–Kier alpha value is -3.85. The van der Waals surface area contributed by atoms with Crippen LogP contribution < -0.4 is 9.47 Å². The van der Waals surface area contributed by atoms with Crippen molar-refractivity contribution in [2.75, 3.05) is 41.0 Å². The fourth-order valence-electron chi connectivity index (χ4n) is 3.66. The van der Waals surface area contributed by atoms with E-state index in [1.807, 2.05) is 13.0 Å².